The fourth-order valence-corrected chi connectivity index (χ4v) is 4.89. The van der Waals surface area contributed by atoms with E-state index in [1.807, 2.05) is 13.0 Å². The van der Waals surface area contributed by atoms with Crippen LogP contribution in [0, 0.1) is 18.3 Å². The lowest BCUT2D eigenvalue weighted by Crippen LogP contribution is -2.50. The molecular weight excluding hydrogens is 489 g/mol. The Morgan fingerprint density at radius 2 is 2.14 bits per heavy atom. The standard InChI is InChI=1S/C25H21F3N6O3/c1-14-2-5-19(31-12-14)34-21(23(36)30-9-8-29)20-18(33-34)11-24(32-22(20)35)7-6-15-10-16(3-4-17(15)24)37-13-25(26,27)28/h2-5,10,12H,6-7,9,11,13H2,1H3,(H,30,36)(H,32,35)/t24-/m0/s1. The second-order valence-corrected chi connectivity index (χ2v) is 9.05. The molecule has 1 spiro atoms. The number of pyridine rings is 1. The van der Waals surface area contributed by atoms with Gasteiger partial charge < -0.3 is 15.4 Å². The van der Waals surface area contributed by atoms with Crippen molar-refractivity contribution in [3.05, 3.63) is 70.2 Å². The molecule has 1 aliphatic carbocycles. The first-order valence-electron chi connectivity index (χ1n) is 11.5. The average Bonchev–Trinajstić information content (AvgIpc) is 3.40. The van der Waals surface area contributed by atoms with Crippen molar-refractivity contribution in [1.82, 2.24) is 25.4 Å². The van der Waals surface area contributed by atoms with E-state index < -0.39 is 30.1 Å². The first-order valence-corrected chi connectivity index (χ1v) is 11.5. The number of carbonyl (C=O) groups is 2. The molecule has 12 heteroatoms. The van der Waals surface area contributed by atoms with Crippen molar-refractivity contribution in [3.8, 4) is 17.6 Å². The number of aromatic nitrogens is 3. The van der Waals surface area contributed by atoms with Crippen LogP contribution in [0.3, 0.4) is 0 Å². The highest BCUT2D eigenvalue weighted by molar-refractivity contribution is 6.08. The summed E-state index contributed by atoms with van der Waals surface area (Å²) in [7, 11) is 0. The number of alkyl halides is 3. The molecule has 1 atom stereocenters. The second-order valence-electron chi connectivity index (χ2n) is 9.05. The topological polar surface area (TPSA) is 122 Å². The molecule has 0 fully saturated rings. The molecule has 1 aromatic carbocycles. The first kappa shape index (κ1) is 24.3. The number of hydrogen-bond donors (Lipinski definition) is 2. The van der Waals surface area contributed by atoms with Gasteiger partial charge >= 0.3 is 6.18 Å². The Morgan fingerprint density at radius 3 is 2.84 bits per heavy atom. The van der Waals surface area contributed by atoms with E-state index in [2.05, 4.69) is 20.7 Å². The number of hydrogen-bond acceptors (Lipinski definition) is 6. The fourth-order valence-electron chi connectivity index (χ4n) is 4.89. The summed E-state index contributed by atoms with van der Waals surface area (Å²) in [5, 5.41) is 19.0. The van der Waals surface area contributed by atoms with Gasteiger partial charge in [-0.3, -0.25) is 9.59 Å². The highest BCUT2D eigenvalue weighted by Gasteiger charge is 2.47. The summed E-state index contributed by atoms with van der Waals surface area (Å²) in [5.41, 5.74) is 2.07. The number of ether oxygens (including phenoxy) is 1. The number of benzene rings is 1. The molecule has 0 radical (unpaired) electrons. The van der Waals surface area contributed by atoms with E-state index in [0.29, 0.717) is 24.4 Å². The van der Waals surface area contributed by atoms with Crippen molar-refractivity contribution in [3.63, 3.8) is 0 Å². The first-order chi connectivity index (χ1) is 17.6. The second kappa shape index (κ2) is 8.92. The maximum absolute atomic E-state index is 13.5. The zero-order valence-electron chi connectivity index (χ0n) is 19.6. The lowest BCUT2D eigenvalue weighted by molar-refractivity contribution is -0.153. The number of nitriles is 1. The van der Waals surface area contributed by atoms with Crippen molar-refractivity contribution in [2.75, 3.05) is 13.2 Å². The number of nitrogens with one attached hydrogen (secondary N) is 2. The van der Waals surface area contributed by atoms with Gasteiger partial charge in [-0.1, -0.05) is 12.1 Å². The van der Waals surface area contributed by atoms with Crippen molar-refractivity contribution in [1.29, 1.82) is 5.26 Å². The minimum Gasteiger partial charge on any atom is -0.484 e. The maximum Gasteiger partial charge on any atom is 0.422 e. The van der Waals surface area contributed by atoms with Crippen molar-refractivity contribution >= 4 is 11.8 Å². The Balaban J connectivity index is 1.53. The molecule has 9 nitrogen and oxygen atoms in total. The van der Waals surface area contributed by atoms with Crippen LogP contribution in [-0.2, 0) is 18.4 Å². The molecule has 190 valence electrons. The van der Waals surface area contributed by atoms with Gasteiger partial charge in [-0.25, -0.2) is 9.67 Å². The maximum atomic E-state index is 13.5. The van der Waals surface area contributed by atoms with Crippen molar-refractivity contribution in [2.24, 2.45) is 0 Å². The summed E-state index contributed by atoms with van der Waals surface area (Å²) in [4.78, 5) is 30.8. The van der Waals surface area contributed by atoms with Gasteiger partial charge in [-0.2, -0.15) is 23.5 Å². The SMILES string of the molecule is Cc1ccc(-n2nc3c(c2C(=O)NCC#N)C(=O)N[C@@]2(CCc4cc(OCC(F)(F)F)ccc42)C3)nc1. The Bertz CT molecular complexity index is 1440. The Hall–Kier alpha value is -4.40. The van der Waals surface area contributed by atoms with E-state index in [0.717, 1.165) is 16.7 Å². The summed E-state index contributed by atoms with van der Waals surface area (Å²) in [6.45, 7) is 0.218. The van der Waals surface area contributed by atoms with E-state index in [-0.39, 0.29) is 30.0 Å². The van der Waals surface area contributed by atoms with Crippen LogP contribution < -0.4 is 15.4 Å². The molecule has 0 unspecified atom stereocenters. The van der Waals surface area contributed by atoms with Crippen molar-refractivity contribution in [2.45, 2.75) is 37.9 Å². The van der Waals surface area contributed by atoms with E-state index in [4.69, 9.17) is 10.00 Å². The molecule has 1 aliphatic heterocycles. The minimum atomic E-state index is -4.45. The third-order valence-electron chi connectivity index (χ3n) is 6.48. The van der Waals surface area contributed by atoms with Gasteiger partial charge in [0.25, 0.3) is 11.8 Å². The lowest BCUT2D eigenvalue weighted by atomic mass is 9.82. The molecule has 3 aromatic rings. The number of nitrogens with zero attached hydrogens (tertiary/aromatic N) is 4. The van der Waals surface area contributed by atoms with E-state index in [1.165, 1.54) is 10.7 Å². The molecule has 2 amide bonds. The summed E-state index contributed by atoms with van der Waals surface area (Å²) in [6, 6.07) is 10.00. The molecule has 0 bridgehead atoms. The van der Waals surface area contributed by atoms with Gasteiger partial charge in [0.1, 0.15) is 18.0 Å². The molecule has 5 rings (SSSR count). The zero-order valence-corrected chi connectivity index (χ0v) is 19.6. The number of amides is 2. The largest absolute Gasteiger partial charge is 0.484 e. The van der Waals surface area contributed by atoms with Gasteiger partial charge in [-0.15, -0.1) is 0 Å². The van der Waals surface area contributed by atoms with Gasteiger partial charge in [0.05, 0.1) is 22.9 Å². The summed E-state index contributed by atoms with van der Waals surface area (Å²) >= 11 is 0. The van der Waals surface area contributed by atoms with E-state index in [1.54, 1.807) is 30.5 Å². The highest BCUT2D eigenvalue weighted by Crippen LogP contribution is 2.44. The van der Waals surface area contributed by atoms with Gasteiger partial charge in [0.15, 0.2) is 12.4 Å². The molecule has 2 N–H and O–H groups in total. The molecule has 0 saturated carbocycles. The molecule has 0 saturated heterocycles. The fraction of sp³-hybridized carbons (Fsp3) is 0.320. The van der Waals surface area contributed by atoms with E-state index in [9.17, 15) is 22.8 Å². The molecule has 37 heavy (non-hydrogen) atoms. The van der Waals surface area contributed by atoms with Crippen LogP contribution in [0.25, 0.3) is 5.82 Å². The quantitative estimate of drug-likeness (QED) is 0.509. The number of carbonyl (C=O) groups excluding carboxylic acids is 2. The number of fused-ring (bicyclic) bond motifs is 3. The molecular formula is C25H21F3N6O3. The zero-order chi connectivity index (χ0) is 26.4. The van der Waals surface area contributed by atoms with Crippen LogP contribution in [-0.4, -0.2) is 45.9 Å². The Morgan fingerprint density at radius 1 is 1.32 bits per heavy atom. The van der Waals surface area contributed by atoms with Gasteiger partial charge in [0, 0.05) is 12.6 Å². The van der Waals surface area contributed by atoms with Gasteiger partial charge in [-0.05, 0) is 54.7 Å². The summed E-state index contributed by atoms with van der Waals surface area (Å²) in [6.07, 6.45) is -1.55. The predicted molar refractivity (Wildman–Crippen MR) is 123 cm³/mol. The highest BCUT2D eigenvalue weighted by atomic mass is 19.4. The van der Waals surface area contributed by atoms with E-state index >= 15 is 0 Å². The third-order valence-corrected chi connectivity index (χ3v) is 6.48. The van der Waals surface area contributed by atoms with Crippen LogP contribution in [0.4, 0.5) is 13.2 Å². The monoisotopic (exact) mass is 510 g/mol. The minimum absolute atomic E-state index is 0.0249. The Labute approximate surface area is 209 Å². The summed E-state index contributed by atoms with van der Waals surface area (Å²) in [5.74, 6) is -0.710. The summed E-state index contributed by atoms with van der Waals surface area (Å²) < 4.78 is 43.9. The van der Waals surface area contributed by atoms with Crippen LogP contribution >= 0.6 is 0 Å². The lowest BCUT2D eigenvalue weighted by Gasteiger charge is -2.35. The third kappa shape index (κ3) is 4.48. The molecule has 3 heterocycles. The smallest absolute Gasteiger partial charge is 0.422 e. The molecule has 2 aromatic heterocycles. The number of halogens is 3. The normalized spacial score (nSPS) is 18.1. The average molecular weight is 510 g/mol. The van der Waals surface area contributed by atoms with Gasteiger partial charge in [0.2, 0.25) is 0 Å². The number of rotatable bonds is 5. The van der Waals surface area contributed by atoms with Crippen LogP contribution in [0.15, 0.2) is 36.5 Å². The van der Waals surface area contributed by atoms with Crippen LogP contribution in [0.2, 0.25) is 0 Å². The predicted octanol–water partition coefficient (Wildman–Crippen LogP) is 2.90. The molecule has 2 aliphatic rings. The Kier molecular flexibility index (Phi) is 5.86. The number of aryl methyl sites for hydroxylation is 2. The van der Waals surface area contributed by atoms with Crippen LogP contribution in [0.5, 0.6) is 5.75 Å². The van der Waals surface area contributed by atoms with Crippen LogP contribution in [0.1, 0.15) is 49.7 Å². The van der Waals surface area contributed by atoms with Crippen molar-refractivity contribution < 1.29 is 27.5 Å².